The molecule has 8 heteroatoms. The van der Waals surface area contributed by atoms with Gasteiger partial charge in [0.15, 0.2) is 0 Å². The number of benzene rings is 2. The van der Waals surface area contributed by atoms with E-state index in [-0.39, 0.29) is 23.4 Å². The summed E-state index contributed by atoms with van der Waals surface area (Å²) in [5.41, 5.74) is 11.3. The number of hydrogen-bond donors (Lipinski definition) is 3. The average Bonchev–Trinajstić information content (AvgIpc) is 3.22. The first kappa shape index (κ1) is 18.1. The van der Waals surface area contributed by atoms with Crippen LogP contribution in [0.25, 0.3) is 10.9 Å². The van der Waals surface area contributed by atoms with Crippen LogP contribution in [0.4, 0.5) is 4.39 Å². The molecule has 1 aliphatic rings. The highest BCUT2D eigenvalue weighted by Crippen LogP contribution is 2.34. The van der Waals surface area contributed by atoms with Gasteiger partial charge in [0.25, 0.3) is 0 Å². The molecule has 2 aromatic carbocycles. The van der Waals surface area contributed by atoms with Gasteiger partial charge in [-0.15, -0.1) is 0 Å². The van der Waals surface area contributed by atoms with Crippen molar-refractivity contribution in [1.29, 1.82) is 0 Å². The summed E-state index contributed by atoms with van der Waals surface area (Å²) in [6.45, 7) is 0.673. The van der Waals surface area contributed by atoms with Crippen LogP contribution in [-0.4, -0.2) is 34.9 Å². The quantitative estimate of drug-likeness (QED) is 0.627. The minimum atomic E-state index is -0.604. The van der Waals surface area contributed by atoms with Gasteiger partial charge < -0.3 is 21.0 Å². The highest BCUT2D eigenvalue weighted by molar-refractivity contribution is 5.90. The summed E-state index contributed by atoms with van der Waals surface area (Å²) in [7, 11) is 1.55. The zero-order valence-electron chi connectivity index (χ0n) is 15.3. The highest BCUT2D eigenvalue weighted by atomic mass is 19.1. The molecule has 0 radical (unpaired) electrons. The van der Waals surface area contributed by atoms with E-state index in [1.165, 1.54) is 12.1 Å². The Labute approximate surface area is 161 Å². The Hall–Kier alpha value is -3.26. The lowest BCUT2D eigenvalue weighted by molar-refractivity contribution is 0.416. The normalized spacial score (nSPS) is 16.9. The smallest absolute Gasteiger partial charge is 0.222 e. The predicted molar refractivity (Wildman–Crippen MR) is 104 cm³/mol. The van der Waals surface area contributed by atoms with Gasteiger partial charge in [0.05, 0.1) is 18.5 Å². The van der Waals surface area contributed by atoms with Crippen LogP contribution in [0.15, 0.2) is 41.5 Å². The van der Waals surface area contributed by atoms with Crippen LogP contribution in [0.1, 0.15) is 28.9 Å². The van der Waals surface area contributed by atoms with E-state index in [2.05, 4.69) is 20.5 Å². The second kappa shape index (κ2) is 7.40. The molecular formula is C20H20FN5O2. The topological polar surface area (TPSA) is 106 Å². The number of nitrogens with zero attached hydrogens (tertiary/aromatic N) is 3. The van der Waals surface area contributed by atoms with Crippen molar-refractivity contribution in [1.82, 2.24) is 15.4 Å². The van der Waals surface area contributed by atoms with Gasteiger partial charge >= 0.3 is 0 Å². The largest absolute Gasteiger partial charge is 0.494 e. The molecule has 0 fully saturated rings. The monoisotopic (exact) mass is 381 g/mol. The van der Waals surface area contributed by atoms with Crippen LogP contribution in [0.3, 0.4) is 0 Å². The van der Waals surface area contributed by atoms with E-state index < -0.39 is 6.04 Å². The standard InChI is InChI=1S/C20H20FN5O2/c1-28-17-8-12(13-9-23-24-10-13)7-15-18(17)25-19(26-20(15)27)16(22)6-11-3-2-4-14(21)5-11/h2-5,7-9,13,16,24H,6,10,22H2,1H3,(H,25,26,27)/t13?,16-/m1/s1. The van der Waals surface area contributed by atoms with Crippen molar-refractivity contribution in [2.24, 2.45) is 10.8 Å². The second-order valence-corrected chi connectivity index (χ2v) is 6.71. The number of halogens is 1. The van der Waals surface area contributed by atoms with Crippen molar-refractivity contribution in [3.05, 3.63) is 59.2 Å². The summed E-state index contributed by atoms with van der Waals surface area (Å²) in [5, 5.41) is 15.0. The van der Waals surface area contributed by atoms with Crippen LogP contribution in [0.2, 0.25) is 0 Å². The third-order valence-electron chi connectivity index (χ3n) is 4.77. The molecule has 3 aromatic rings. The fourth-order valence-corrected chi connectivity index (χ4v) is 3.32. The molecule has 1 aliphatic heterocycles. The van der Waals surface area contributed by atoms with E-state index in [0.717, 1.165) is 11.1 Å². The van der Waals surface area contributed by atoms with E-state index in [4.69, 9.17) is 10.5 Å². The minimum Gasteiger partial charge on any atom is -0.494 e. The number of fused-ring (bicyclic) bond motifs is 1. The first-order chi connectivity index (χ1) is 13.5. The number of methoxy groups -OCH3 is 1. The Bertz CT molecular complexity index is 1060. The lowest BCUT2D eigenvalue weighted by Crippen LogP contribution is -2.17. The van der Waals surface area contributed by atoms with Gasteiger partial charge in [-0.1, -0.05) is 12.1 Å². The molecule has 4 rings (SSSR count). The van der Waals surface area contributed by atoms with Crippen LogP contribution in [0.5, 0.6) is 11.6 Å². The average molecular weight is 381 g/mol. The molecule has 0 bridgehead atoms. The SMILES string of the molecule is COc1cc(C2C=NNC2)cc2c(O)nc([C@H](N)Cc3cccc(F)c3)nc12. The molecule has 0 aliphatic carbocycles. The van der Waals surface area contributed by atoms with Crippen LogP contribution in [-0.2, 0) is 6.42 Å². The Balaban J connectivity index is 1.72. The van der Waals surface area contributed by atoms with Crippen molar-refractivity contribution >= 4 is 17.1 Å². The van der Waals surface area contributed by atoms with Crippen LogP contribution < -0.4 is 15.9 Å². The Kier molecular flexibility index (Phi) is 4.79. The first-order valence-electron chi connectivity index (χ1n) is 8.89. The van der Waals surface area contributed by atoms with Crippen molar-refractivity contribution < 1.29 is 14.2 Å². The zero-order chi connectivity index (χ0) is 19.7. The summed E-state index contributed by atoms with van der Waals surface area (Å²) in [6.07, 6.45) is 2.15. The number of ether oxygens (including phenoxy) is 1. The van der Waals surface area contributed by atoms with Gasteiger partial charge in [-0.05, 0) is 41.8 Å². The third-order valence-corrected chi connectivity index (χ3v) is 4.77. The Morgan fingerprint density at radius 3 is 2.89 bits per heavy atom. The molecule has 0 amide bonds. The van der Waals surface area contributed by atoms with E-state index in [9.17, 15) is 9.50 Å². The van der Waals surface area contributed by atoms with E-state index in [1.54, 1.807) is 19.2 Å². The van der Waals surface area contributed by atoms with Crippen molar-refractivity contribution in [3.63, 3.8) is 0 Å². The van der Waals surface area contributed by atoms with Crippen molar-refractivity contribution in [2.75, 3.05) is 13.7 Å². The molecule has 0 spiro atoms. The Morgan fingerprint density at radius 2 is 2.18 bits per heavy atom. The fraction of sp³-hybridized carbons (Fsp3) is 0.250. The van der Waals surface area contributed by atoms with E-state index in [1.807, 2.05) is 18.3 Å². The molecule has 2 heterocycles. The number of aromatic hydroxyl groups is 1. The summed E-state index contributed by atoms with van der Waals surface area (Å²) in [4.78, 5) is 8.71. The number of hydrogen-bond acceptors (Lipinski definition) is 7. The van der Waals surface area contributed by atoms with Crippen molar-refractivity contribution in [3.8, 4) is 11.6 Å². The molecule has 28 heavy (non-hydrogen) atoms. The zero-order valence-corrected chi connectivity index (χ0v) is 15.3. The molecule has 4 N–H and O–H groups in total. The van der Waals surface area contributed by atoms with Gasteiger partial charge in [-0.25, -0.2) is 9.37 Å². The second-order valence-electron chi connectivity index (χ2n) is 6.71. The minimum absolute atomic E-state index is 0.0765. The van der Waals surface area contributed by atoms with Gasteiger partial charge in [0.1, 0.15) is 22.9 Å². The van der Waals surface area contributed by atoms with Crippen LogP contribution in [0, 0.1) is 5.82 Å². The number of aromatic nitrogens is 2. The predicted octanol–water partition coefficient (Wildman–Crippen LogP) is 2.40. The first-order valence-corrected chi connectivity index (χ1v) is 8.89. The van der Waals surface area contributed by atoms with Gasteiger partial charge in [-0.2, -0.15) is 10.1 Å². The molecule has 2 atom stereocenters. The van der Waals surface area contributed by atoms with Crippen LogP contribution >= 0.6 is 0 Å². The summed E-state index contributed by atoms with van der Waals surface area (Å²) in [6, 6.07) is 9.31. The molecule has 0 saturated heterocycles. The molecule has 0 saturated carbocycles. The maximum absolute atomic E-state index is 13.4. The molecule has 144 valence electrons. The van der Waals surface area contributed by atoms with Gasteiger partial charge in [-0.3, -0.25) is 0 Å². The van der Waals surface area contributed by atoms with Gasteiger partial charge in [0.2, 0.25) is 5.88 Å². The molecule has 1 unspecified atom stereocenters. The van der Waals surface area contributed by atoms with Crippen molar-refractivity contribution in [2.45, 2.75) is 18.4 Å². The van der Waals surface area contributed by atoms with E-state index in [0.29, 0.717) is 29.6 Å². The lowest BCUT2D eigenvalue weighted by Gasteiger charge is -2.15. The maximum Gasteiger partial charge on any atom is 0.222 e. The van der Waals surface area contributed by atoms with Gasteiger partial charge in [0, 0.05) is 18.7 Å². The number of nitrogens with one attached hydrogen (secondary N) is 1. The number of rotatable bonds is 5. The molecular weight excluding hydrogens is 361 g/mol. The highest BCUT2D eigenvalue weighted by Gasteiger charge is 2.20. The fourth-order valence-electron chi connectivity index (χ4n) is 3.32. The third kappa shape index (κ3) is 3.46. The van der Waals surface area contributed by atoms with E-state index >= 15 is 0 Å². The maximum atomic E-state index is 13.4. The Morgan fingerprint density at radius 1 is 1.32 bits per heavy atom. The lowest BCUT2D eigenvalue weighted by atomic mass is 9.98. The summed E-state index contributed by atoms with van der Waals surface area (Å²) in [5.74, 6) is 0.366. The number of nitrogens with two attached hydrogens (primary N) is 1. The summed E-state index contributed by atoms with van der Waals surface area (Å²) < 4.78 is 18.9. The summed E-state index contributed by atoms with van der Waals surface area (Å²) >= 11 is 0. The molecule has 1 aromatic heterocycles. The number of hydrazone groups is 1. The molecule has 7 nitrogen and oxygen atoms in total.